The zero-order chi connectivity index (χ0) is 19.8. The summed E-state index contributed by atoms with van der Waals surface area (Å²) in [6.07, 6.45) is 6.59. The molecule has 1 saturated heterocycles. The summed E-state index contributed by atoms with van der Waals surface area (Å²) in [6, 6.07) is 10.5. The zero-order valence-corrected chi connectivity index (χ0v) is 16.4. The molecule has 0 bridgehead atoms. The second-order valence-electron chi connectivity index (χ2n) is 7.78. The van der Waals surface area contributed by atoms with Crippen LogP contribution in [0, 0.1) is 5.82 Å². The molecule has 5 nitrogen and oxygen atoms in total. The molecule has 6 heteroatoms. The smallest absolute Gasteiger partial charge is 0.161 e. The third kappa shape index (κ3) is 3.60. The van der Waals surface area contributed by atoms with Gasteiger partial charge in [-0.3, -0.25) is 4.98 Å². The number of anilines is 1. The fourth-order valence-electron chi connectivity index (χ4n) is 4.29. The quantitative estimate of drug-likeness (QED) is 0.673. The van der Waals surface area contributed by atoms with Gasteiger partial charge in [-0.1, -0.05) is 12.1 Å². The molecule has 2 atom stereocenters. The lowest BCUT2D eigenvalue weighted by Gasteiger charge is -2.38. The number of hydrogen-bond donors (Lipinski definition) is 0. The van der Waals surface area contributed by atoms with Gasteiger partial charge in [0, 0.05) is 42.3 Å². The van der Waals surface area contributed by atoms with Gasteiger partial charge >= 0.3 is 0 Å². The molecule has 0 N–H and O–H groups in total. The summed E-state index contributed by atoms with van der Waals surface area (Å²) in [7, 11) is 0. The molecule has 2 aromatic heterocycles. The summed E-state index contributed by atoms with van der Waals surface area (Å²) < 4.78 is 19.5. The van der Waals surface area contributed by atoms with Gasteiger partial charge in [-0.25, -0.2) is 14.4 Å². The number of aryl methyl sites for hydroxylation is 1. The number of aromatic nitrogens is 3. The lowest BCUT2D eigenvalue weighted by atomic mass is 10.1. The van der Waals surface area contributed by atoms with E-state index >= 15 is 0 Å². The van der Waals surface area contributed by atoms with E-state index in [0.717, 1.165) is 54.3 Å². The van der Waals surface area contributed by atoms with Crippen molar-refractivity contribution in [3.05, 3.63) is 71.4 Å². The predicted octanol–water partition coefficient (Wildman–Crippen LogP) is 4.13. The lowest BCUT2D eigenvalue weighted by Crippen LogP contribution is -2.43. The molecule has 3 heterocycles. The molecule has 1 aliphatic heterocycles. The molecule has 1 fully saturated rings. The SMILES string of the molecule is CC1CN(c2nc(-c3ccncc3)nc3c2CCC3)CC(c2ccc(F)cc2)O1. The van der Waals surface area contributed by atoms with Crippen LogP contribution in [0.3, 0.4) is 0 Å². The van der Waals surface area contributed by atoms with Gasteiger partial charge < -0.3 is 9.64 Å². The number of morpholine rings is 1. The van der Waals surface area contributed by atoms with Crippen molar-refractivity contribution in [2.75, 3.05) is 18.0 Å². The summed E-state index contributed by atoms with van der Waals surface area (Å²) in [6.45, 7) is 3.54. The Morgan fingerprint density at radius 3 is 2.59 bits per heavy atom. The van der Waals surface area contributed by atoms with Crippen LogP contribution in [0.15, 0.2) is 48.8 Å². The summed E-state index contributed by atoms with van der Waals surface area (Å²) in [4.78, 5) is 16.3. The van der Waals surface area contributed by atoms with Crippen LogP contribution in [0.4, 0.5) is 10.2 Å². The van der Waals surface area contributed by atoms with Gasteiger partial charge in [-0.2, -0.15) is 0 Å². The number of hydrogen-bond acceptors (Lipinski definition) is 5. The first-order chi connectivity index (χ1) is 14.2. The van der Waals surface area contributed by atoms with Gasteiger partial charge in [0.15, 0.2) is 5.82 Å². The highest BCUT2D eigenvalue weighted by molar-refractivity contribution is 5.61. The number of halogens is 1. The van der Waals surface area contributed by atoms with E-state index in [1.165, 1.54) is 17.7 Å². The molecule has 1 aromatic carbocycles. The topological polar surface area (TPSA) is 51.1 Å². The summed E-state index contributed by atoms with van der Waals surface area (Å²) in [5.74, 6) is 1.53. The van der Waals surface area contributed by atoms with Gasteiger partial charge in [0.25, 0.3) is 0 Å². The van der Waals surface area contributed by atoms with Crippen molar-refractivity contribution >= 4 is 5.82 Å². The molecule has 0 amide bonds. The van der Waals surface area contributed by atoms with E-state index in [0.29, 0.717) is 6.54 Å². The van der Waals surface area contributed by atoms with E-state index in [-0.39, 0.29) is 18.0 Å². The predicted molar refractivity (Wildman–Crippen MR) is 109 cm³/mol. The standard InChI is InChI=1S/C23H23FN4O/c1-15-13-28(14-21(29-15)16-5-7-18(24)8-6-16)23-19-3-2-4-20(19)26-22(27-23)17-9-11-25-12-10-17/h5-12,15,21H,2-4,13-14H2,1H3. The fourth-order valence-corrected chi connectivity index (χ4v) is 4.29. The third-order valence-electron chi connectivity index (χ3n) is 5.65. The minimum absolute atomic E-state index is 0.0511. The highest BCUT2D eigenvalue weighted by atomic mass is 19.1. The average Bonchev–Trinajstić information content (AvgIpc) is 3.22. The van der Waals surface area contributed by atoms with Crippen molar-refractivity contribution in [3.63, 3.8) is 0 Å². The van der Waals surface area contributed by atoms with Crippen molar-refractivity contribution in [3.8, 4) is 11.4 Å². The Kier molecular flexibility index (Phi) is 4.72. The Labute approximate surface area is 169 Å². The molecule has 5 rings (SSSR count). The molecule has 2 aliphatic rings. The van der Waals surface area contributed by atoms with Gasteiger partial charge in [0.2, 0.25) is 0 Å². The first kappa shape index (κ1) is 18.2. The molecular formula is C23H23FN4O. The van der Waals surface area contributed by atoms with E-state index in [9.17, 15) is 4.39 Å². The van der Waals surface area contributed by atoms with Crippen LogP contribution >= 0.6 is 0 Å². The van der Waals surface area contributed by atoms with E-state index in [1.54, 1.807) is 12.4 Å². The molecule has 0 spiro atoms. The van der Waals surface area contributed by atoms with Gasteiger partial charge in [0.1, 0.15) is 17.7 Å². The second-order valence-corrected chi connectivity index (χ2v) is 7.78. The van der Waals surface area contributed by atoms with Crippen LogP contribution in [0.25, 0.3) is 11.4 Å². The molecule has 0 radical (unpaired) electrons. The number of fused-ring (bicyclic) bond motifs is 1. The maximum atomic E-state index is 13.4. The molecule has 148 valence electrons. The van der Waals surface area contributed by atoms with Gasteiger partial charge in [-0.15, -0.1) is 0 Å². The number of nitrogens with zero attached hydrogens (tertiary/aromatic N) is 4. The summed E-state index contributed by atoms with van der Waals surface area (Å²) in [5.41, 5.74) is 4.38. The number of rotatable bonds is 3. The molecule has 3 aromatic rings. The van der Waals surface area contributed by atoms with E-state index in [2.05, 4.69) is 16.8 Å². The number of benzene rings is 1. The maximum Gasteiger partial charge on any atom is 0.161 e. The minimum Gasteiger partial charge on any atom is -0.367 e. The van der Waals surface area contributed by atoms with Gasteiger partial charge in [0.05, 0.1) is 6.10 Å². The Morgan fingerprint density at radius 1 is 1.00 bits per heavy atom. The van der Waals surface area contributed by atoms with E-state index < -0.39 is 0 Å². The monoisotopic (exact) mass is 390 g/mol. The zero-order valence-electron chi connectivity index (χ0n) is 16.4. The normalized spacial score (nSPS) is 21.2. The van der Waals surface area contributed by atoms with E-state index in [1.807, 2.05) is 24.3 Å². The largest absolute Gasteiger partial charge is 0.367 e. The molecule has 0 saturated carbocycles. The van der Waals surface area contributed by atoms with Crippen molar-refractivity contribution in [1.29, 1.82) is 0 Å². The minimum atomic E-state index is -0.231. The molecule has 1 aliphatic carbocycles. The fraction of sp³-hybridized carbons (Fsp3) is 0.348. The third-order valence-corrected chi connectivity index (χ3v) is 5.65. The van der Waals surface area contributed by atoms with Crippen LogP contribution < -0.4 is 4.90 Å². The van der Waals surface area contributed by atoms with E-state index in [4.69, 9.17) is 14.7 Å². The Morgan fingerprint density at radius 2 is 1.79 bits per heavy atom. The van der Waals surface area contributed by atoms with Crippen molar-refractivity contribution in [1.82, 2.24) is 15.0 Å². The summed E-state index contributed by atoms with van der Waals surface area (Å²) in [5, 5.41) is 0. The van der Waals surface area contributed by atoms with Crippen LogP contribution in [0.1, 0.15) is 36.3 Å². The van der Waals surface area contributed by atoms with Crippen LogP contribution in [0.5, 0.6) is 0 Å². The van der Waals surface area contributed by atoms with Crippen molar-refractivity contribution in [2.24, 2.45) is 0 Å². The number of pyridine rings is 1. The highest BCUT2D eigenvalue weighted by Crippen LogP contribution is 2.35. The number of ether oxygens (including phenoxy) is 1. The molecular weight excluding hydrogens is 367 g/mol. The molecule has 29 heavy (non-hydrogen) atoms. The second kappa shape index (κ2) is 7.52. The molecule has 2 unspecified atom stereocenters. The summed E-state index contributed by atoms with van der Waals surface area (Å²) >= 11 is 0. The lowest BCUT2D eigenvalue weighted by molar-refractivity contribution is -0.0176. The highest BCUT2D eigenvalue weighted by Gasteiger charge is 2.31. The maximum absolute atomic E-state index is 13.4. The Hall–Kier alpha value is -2.86. The first-order valence-corrected chi connectivity index (χ1v) is 10.1. The van der Waals surface area contributed by atoms with Crippen LogP contribution in [0.2, 0.25) is 0 Å². The van der Waals surface area contributed by atoms with Crippen molar-refractivity contribution in [2.45, 2.75) is 38.4 Å². The Bertz CT molecular complexity index is 1010. The van der Waals surface area contributed by atoms with Crippen molar-refractivity contribution < 1.29 is 9.13 Å². The Balaban J connectivity index is 1.52. The van der Waals surface area contributed by atoms with Gasteiger partial charge in [-0.05, 0) is 56.0 Å². The van der Waals surface area contributed by atoms with Crippen LogP contribution in [-0.2, 0) is 17.6 Å². The van der Waals surface area contributed by atoms with Crippen LogP contribution in [-0.4, -0.2) is 34.1 Å². The average molecular weight is 390 g/mol. The first-order valence-electron chi connectivity index (χ1n) is 10.1.